The molecule has 18 heavy (non-hydrogen) atoms. The lowest BCUT2D eigenvalue weighted by Crippen LogP contribution is -2.21. The molecule has 0 aliphatic carbocycles. The van der Waals surface area contributed by atoms with Crippen LogP contribution in [0.15, 0.2) is 12.3 Å². The van der Waals surface area contributed by atoms with Crippen molar-refractivity contribution in [3.8, 4) is 0 Å². The number of hydrogen-bond acceptors (Lipinski definition) is 4. The summed E-state index contributed by atoms with van der Waals surface area (Å²) in [6, 6.07) is 1.60. The molecule has 0 N–H and O–H groups in total. The van der Waals surface area contributed by atoms with Gasteiger partial charge < -0.3 is 9.64 Å². The Morgan fingerprint density at radius 2 is 2.44 bits per heavy atom. The second-order valence-corrected chi connectivity index (χ2v) is 4.93. The highest BCUT2D eigenvalue weighted by molar-refractivity contribution is 6.35. The summed E-state index contributed by atoms with van der Waals surface area (Å²) in [6.07, 6.45) is 2.73. The first-order chi connectivity index (χ1) is 8.63. The van der Waals surface area contributed by atoms with E-state index in [9.17, 15) is 4.79 Å². The Bertz CT molecular complexity index is 451. The highest BCUT2D eigenvalue weighted by Gasteiger charge is 2.24. The van der Waals surface area contributed by atoms with Gasteiger partial charge in [0.15, 0.2) is 0 Å². The number of hydrogen-bond donors (Lipinski definition) is 0. The molecule has 98 valence electrons. The number of carbonyl (C=O) groups excluding carboxylic acids is 1. The SMILES string of the molecule is CCOC(=O)c1ccnc(N2CC[C@H](C)C2)c1Cl. The van der Waals surface area contributed by atoms with E-state index in [0.717, 1.165) is 19.5 Å². The Kier molecular flexibility index (Phi) is 4.07. The predicted octanol–water partition coefficient (Wildman–Crippen LogP) is 2.76. The second kappa shape index (κ2) is 5.57. The first-order valence-corrected chi connectivity index (χ1v) is 6.57. The Labute approximate surface area is 112 Å². The van der Waals surface area contributed by atoms with Crippen molar-refractivity contribution in [3.63, 3.8) is 0 Å². The number of pyridine rings is 1. The van der Waals surface area contributed by atoms with Crippen LogP contribution in [-0.4, -0.2) is 30.6 Å². The number of carbonyl (C=O) groups is 1. The summed E-state index contributed by atoms with van der Waals surface area (Å²) in [6.45, 7) is 6.17. The Hall–Kier alpha value is -1.29. The molecule has 0 radical (unpaired) electrons. The number of rotatable bonds is 3. The molecule has 1 aromatic rings. The van der Waals surface area contributed by atoms with Gasteiger partial charge in [-0.3, -0.25) is 0 Å². The molecule has 1 saturated heterocycles. The zero-order valence-corrected chi connectivity index (χ0v) is 11.4. The van der Waals surface area contributed by atoms with E-state index >= 15 is 0 Å². The predicted molar refractivity (Wildman–Crippen MR) is 71.2 cm³/mol. The van der Waals surface area contributed by atoms with Gasteiger partial charge in [0.2, 0.25) is 0 Å². The zero-order valence-electron chi connectivity index (χ0n) is 10.6. The minimum Gasteiger partial charge on any atom is -0.462 e. The first kappa shape index (κ1) is 13.1. The fraction of sp³-hybridized carbons (Fsp3) is 0.538. The summed E-state index contributed by atoms with van der Waals surface area (Å²) in [5.74, 6) is 0.930. The van der Waals surface area contributed by atoms with E-state index in [1.165, 1.54) is 0 Å². The van der Waals surface area contributed by atoms with Gasteiger partial charge in [0, 0.05) is 19.3 Å². The van der Waals surface area contributed by atoms with E-state index in [1.54, 1.807) is 19.2 Å². The molecule has 5 heteroatoms. The molecule has 1 aliphatic rings. The van der Waals surface area contributed by atoms with Crippen LogP contribution in [0.1, 0.15) is 30.6 Å². The van der Waals surface area contributed by atoms with Crippen LogP contribution in [0.3, 0.4) is 0 Å². The lowest BCUT2D eigenvalue weighted by Gasteiger charge is -2.19. The highest BCUT2D eigenvalue weighted by atomic mass is 35.5. The largest absolute Gasteiger partial charge is 0.462 e. The molecule has 2 heterocycles. The summed E-state index contributed by atoms with van der Waals surface area (Å²) >= 11 is 6.26. The van der Waals surface area contributed by atoms with Gasteiger partial charge in [0.25, 0.3) is 0 Å². The lowest BCUT2D eigenvalue weighted by molar-refractivity contribution is 0.0526. The maximum Gasteiger partial charge on any atom is 0.339 e. The highest BCUT2D eigenvalue weighted by Crippen LogP contribution is 2.31. The van der Waals surface area contributed by atoms with Crippen molar-refractivity contribution in [1.82, 2.24) is 4.98 Å². The van der Waals surface area contributed by atoms with E-state index in [-0.39, 0.29) is 0 Å². The molecule has 0 aromatic carbocycles. The molecule has 0 unspecified atom stereocenters. The van der Waals surface area contributed by atoms with Crippen molar-refractivity contribution in [1.29, 1.82) is 0 Å². The third kappa shape index (κ3) is 2.58. The molecular formula is C13H17ClN2O2. The quantitative estimate of drug-likeness (QED) is 0.791. The zero-order chi connectivity index (χ0) is 13.1. The maximum atomic E-state index is 11.7. The summed E-state index contributed by atoms with van der Waals surface area (Å²) in [5, 5.41) is 0.394. The number of esters is 1. The molecule has 0 bridgehead atoms. The monoisotopic (exact) mass is 268 g/mol. The summed E-state index contributed by atoms with van der Waals surface area (Å²) in [5.41, 5.74) is 0.392. The molecule has 0 amide bonds. The van der Waals surface area contributed by atoms with E-state index in [0.29, 0.717) is 28.9 Å². The summed E-state index contributed by atoms with van der Waals surface area (Å²) in [7, 11) is 0. The molecule has 4 nitrogen and oxygen atoms in total. The topological polar surface area (TPSA) is 42.4 Å². The second-order valence-electron chi connectivity index (χ2n) is 4.56. The number of nitrogens with zero attached hydrogens (tertiary/aromatic N) is 2. The molecule has 0 spiro atoms. The number of aromatic nitrogens is 1. The maximum absolute atomic E-state index is 11.7. The van der Waals surface area contributed by atoms with Crippen molar-refractivity contribution < 1.29 is 9.53 Å². The van der Waals surface area contributed by atoms with Crippen LogP contribution in [0.2, 0.25) is 5.02 Å². The van der Waals surface area contributed by atoms with E-state index < -0.39 is 5.97 Å². The van der Waals surface area contributed by atoms with Crippen LogP contribution < -0.4 is 4.90 Å². The van der Waals surface area contributed by atoms with Gasteiger partial charge in [-0.05, 0) is 25.3 Å². The van der Waals surface area contributed by atoms with Crippen LogP contribution in [0.5, 0.6) is 0 Å². The molecule has 1 aromatic heterocycles. The third-order valence-electron chi connectivity index (χ3n) is 3.09. The van der Waals surface area contributed by atoms with Gasteiger partial charge in [-0.2, -0.15) is 0 Å². The van der Waals surface area contributed by atoms with Crippen molar-refractivity contribution in [2.24, 2.45) is 5.92 Å². The van der Waals surface area contributed by atoms with Crippen LogP contribution in [-0.2, 0) is 4.74 Å². The van der Waals surface area contributed by atoms with Crippen LogP contribution in [0, 0.1) is 5.92 Å². The summed E-state index contributed by atoms with van der Waals surface area (Å²) in [4.78, 5) is 18.1. The molecule has 1 aliphatic heterocycles. The average molecular weight is 269 g/mol. The van der Waals surface area contributed by atoms with Gasteiger partial charge in [-0.25, -0.2) is 9.78 Å². The number of anilines is 1. The van der Waals surface area contributed by atoms with Gasteiger partial charge in [-0.15, -0.1) is 0 Å². The standard InChI is InChI=1S/C13H17ClN2O2/c1-3-18-13(17)10-4-6-15-12(11(10)14)16-7-5-9(2)8-16/h4,6,9H,3,5,7-8H2,1-2H3/t9-/m0/s1. The molecule has 1 atom stereocenters. The first-order valence-electron chi connectivity index (χ1n) is 6.20. The van der Waals surface area contributed by atoms with Gasteiger partial charge in [-0.1, -0.05) is 18.5 Å². The van der Waals surface area contributed by atoms with Gasteiger partial charge in [0.05, 0.1) is 17.2 Å². The van der Waals surface area contributed by atoms with Crippen molar-refractivity contribution in [2.45, 2.75) is 20.3 Å². The Morgan fingerprint density at radius 1 is 1.67 bits per heavy atom. The van der Waals surface area contributed by atoms with Gasteiger partial charge in [0.1, 0.15) is 5.82 Å². The van der Waals surface area contributed by atoms with Gasteiger partial charge >= 0.3 is 5.97 Å². The van der Waals surface area contributed by atoms with Crippen molar-refractivity contribution in [3.05, 3.63) is 22.8 Å². The molecular weight excluding hydrogens is 252 g/mol. The Balaban J connectivity index is 2.27. The van der Waals surface area contributed by atoms with Crippen LogP contribution in [0.4, 0.5) is 5.82 Å². The smallest absolute Gasteiger partial charge is 0.339 e. The third-order valence-corrected chi connectivity index (χ3v) is 3.46. The average Bonchev–Trinajstić information content (AvgIpc) is 2.76. The summed E-state index contributed by atoms with van der Waals surface area (Å²) < 4.78 is 4.98. The molecule has 1 fully saturated rings. The fourth-order valence-electron chi connectivity index (χ4n) is 2.15. The van der Waals surface area contributed by atoms with Crippen LogP contribution >= 0.6 is 11.6 Å². The van der Waals surface area contributed by atoms with Crippen molar-refractivity contribution >= 4 is 23.4 Å². The number of halogens is 1. The Morgan fingerprint density at radius 3 is 3.06 bits per heavy atom. The van der Waals surface area contributed by atoms with E-state index in [1.807, 2.05) is 0 Å². The minimum absolute atomic E-state index is 0.341. The fourth-order valence-corrected chi connectivity index (χ4v) is 2.46. The van der Waals surface area contributed by atoms with Crippen LogP contribution in [0.25, 0.3) is 0 Å². The minimum atomic E-state index is -0.390. The van der Waals surface area contributed by atoms with E-state index in [2.05, 4.69) is 16.8 Å². The van der Waals surface area contributed by atoms with E-state index in [4.69, 9.17) is 16.3 Å². The molecule has 2 rings (SSSR count). The number of ether oxygens (including phenoxy) is 1. The van der Waals surface area contributed by atoms with Crippen molar-refractivity contribution in [2.75, 3.05) is 24.6 Å². The lowest BCUT2D eigenvalue weighted by atomic mass is 10.2. The normalized spacial score (nSPS) is 19.1. The molecule has 0 saturated carbocycles.